The van der Waals surface area contributed by atoms with Crippen molar-refractivity contribution in [3.8, 4) is 5.69 Å². The maximum absolute atomic E-state index is 14.1. The second-order valence-electron chi connectivity index (χ2n) is 8.40. The molecule has 3 heterocycles. The van der Waals surface area contributed by atoms with Gasteiger partial charge in [-0.15, -0.1) is 0 Å². The number of nitrogens with zero attached hydrogens (tertiary/aromatic N) is 3. The molecule has 0 bridgehead atoms. The minimum absolute atomic E-state index is 0.0961. The molecule has 31 heavy (non-hydrogen) atoms. The number of nitrogens with one attached hydrogen (secondary N) is 1. The van der Waals surface area contributed by atoms with Crippen LogP contribution in [0.3, 0.4) is 0 Å². The summed E-state index contributed by atoms with van der Waals surface area (Å²) in [7, 11) is 0. The van der Waals surface area contributed by atoms with E-state index in [1.165, 1.54) is 28.9 Å². The van der Waals surface area contributed by atoms with E-state index in [2.05, 4.69) is 10.4 Å². The Bertz CT molecular complexity index is 1220. The van der Waals surface area contributed by atoms with Gasteiger partial charge in [0.25, 0.3) is 0 Å². The van der Waals surface area contributed by atoms with Crippen molar-refractivity contribution in [2.24, 2.45) is 5.92 Å². The van der Waals surface area contributed by atoms with Crippen molar-refractivity contribution in [3.63, 3.8) is 0 Å². The van der Waals surface area contributed by atoms with Gasteiger partial charge in [0, 0.05) is 18.5 Å². The average Bonchev–Trinajstić information content (AvgIpc) is 3.23. The van der Waals surface area contributed by atoms with Crippen LogP contribution in [0.1, 0.15) is 31.4 Å². The fourth-order valence-corrected chi connectivity index (χ4v) is 4.59. The van der Waals surface area contributed by atoms with Gasteiger partial charge in [-0.05, 0) is 47.9 Å². The predicted octanol–water partition coefficient (Wildman–Crippen LogP) is 3.78. The summed E-state index contributed by atoms with van der Waals surface area (Å²) in [5.74, 6) is -0.939. The normalized spacial score (nSPS) is 19.7. The number of amides is 2. The molecule has 0 aliphatic carbocycles. The van der Waals surface area contributed by atoms with E-state index >= 15 is 0 Å². The lowest BCUT2D eigenvalue weighted by Gasteiger charge is -2.32. The van der Waals surface area contributed by atoms with Crippen molar-refractivity contribution in [2.75, 3.05) is 16.8 Å². The smallest absolute Gasteiger partial charge is 0.242 e. The Morgan fingerprint density at radius 2 is 1.77 bits per heavy atom. The Hall–Kier alpha value is -3.55. The van der Waals surface area contributed by atoms with E-state index in [0.29, 0.717) is 34.9 Å². The number of aromatic nitrogens is 2. The molecule has 2 amide bonds. The topological polar surface area (TPSA) is 67.2 Å². The Morgan fingerprint density at radius 3 is 2.48 bits per heavy atom. The minimum atomic E-state index is -1.28. The zero-order valence-electron chi connectivity index (χ0n) is 17.0. The zero-order chi connectivity index (χ0) is 21.9. The van der Waals surface area contributed by atoms with E-state index in [1.54, 1.807) is 29.3 Å². The first-order chi connectivity index (χ1) is 14.8. The summed E-state index contributed by atoms with van der Waals surface area (Å²) < 4.78 is 29.0. The number of anilines is 2. The van der Waals surface area contributed by atoms with Crippen LogP contribution in [0.15, 0.2) is 48.7 Å². The third-order valence-corrected chi connectivity index (χ3v) is 5.85. The Kier molecular flexibility index (Phi) is 4.22. The Morgan fingerprint density at radius 1 is 1.06 bits per heavy atom. The van der Waals surface area contributed by atoms with Crippen LogP contribution in [-0.4, -0.2) is 28.1 Å². The molecular weight excluding hydrogens is 402 g/mol. The fraction of sp³-hybridized carbons (Fsp3) is 0.261. The molecule has 0 radical (unpaired) electrons. The van der Waals surface area contributed by atoms with Crippen LogP contribution in [-0.2, 0) is 15.0 Å². The number of hydrogen-bond donors (Lipinski definition) is 1. The maximum atomic E-state index is 14.1. The SMILES string of the molecule is CC(C)CN1C(=O)C2(CC(=O)Nc3c2cnn3-c2ccc(F)cc2)c2ccc(F)cc21. The quantitative estimate of drug-likeness (QED) is 0.699. The molecule has 0 saturated heterocycles. The third-order valence-electron chi connectivity index (χ3n) is 5.85. The second-order valence-corrected chi connectivity index (χ2v) is 8.40. The number of halogens is 2. The summed E-state index contributed by atoms with van der Waals surface area (Å²) in [5.41, 5.74) is 0.876. The lowest BCUT2D eigenvalue weighted by atomic mass is 9.72. The number of hydrogen-bond acceptors (Lipinski definition) is 3. The lowest BCUT2D eigenvalue weighted by Crippen LogP contribution is -2.47. The van der Waals surface area contributed by atoms with Crippen LogP contribution in [0.4, 0.5) is 20.3 Å². The van der Waals surface area contributed by atoms with Crippen molar-refractivity contribution in [2.45, 2.75) is 25.7 Å². The van der Waals surface area contributed by atoms with Crippen molar-refractivity contribution >= 4 is 23.3 Å². The van der Waals surface area contributed by atoms with E-state index in [4.69, 9.17) is 0 Å². The maximum Gasteiger partial charge on any atom is 0.242 e. The van der Waals surface area contributed by atoms with Crippen LogP contribution in [0, 0.1) is 17.6 Å². The van der Waals surface area contributed by atoms with E-state index in [0.717, 1.165) is 0 Å². The molecule has 1 unspecified atom stereocenters. The number of carbonyl (C=O) groups excluding carboxylic acids is 2. The van der Waals surface area contributed by atoms with Gasteiger partial charge in [-0.25, -0.2) is 13.5 Å². The molecule has 6 nitrogen and oxygen atoms in total. The van der Waals surface area contributed by atoms with Gasteiger partial charge in [0.1, 0.15) is 22.9 Å². The van der Waals surface area contributed by atoms with Gasteiger partial charge in [0.15, 0.2) is 0 Å². The molecule has 2 aliphatic heterocycles. The van der Waals surface area contributed by atoms with Crippen LogP contribution in [0.2, 0.25) is 0 Å². The first-order valence-corrected chi connectivity index (χ1v) is 10.1. The van der Waals surface area contributed by atoms with Gasteiger partial charge in [0.2, 0.25) is 11.8 Å². The molecular formula is C23H20F2N4O2. The molecule has 0 fully saturated rings. The number of fused-ring (bicyclic) bond motifs is 4. The highest BCUT2D eigenvalue weighted by molar-refractivity contribution is 6.15. The number of benzene rings is 2. The van der Waals surface area contributed by atoms with Gasteiger partial charge in [0.05, 0.1) is 17.6 Å². The molecule has 2 aliphatic rings. The van der Waals surface area contributed by atoms with Gasteiger partial charge in [-0.3, -0.25) is 9.59 Å². The van der Waals surface area contributed by atoms with Crippen molar-refractivity contribution in [1.29, 1.82) is 0 Å². The van der Waals surface area contributed by atoms with Crippen LogP contribution < -0.4 is 10.2 Å². The summed E-state index contributed by atoms with van der Waals surface area (Å²) in [5, 5.41) is 7.21. The minimum Gasteiger partial charge on any atom is -0.311 e. The van der Waals surface area contributed by atoms with Crippen LogP contribution in [0.5, 0.6) is 0 Å². The monoisotopic (exact) mass is 422 g/mol. The zero-order valence-corrected chi connectivity index (χ0v) is 17.0. The Balaban J connectivity index is 1.74. The second kappa shape index (κ2) is 6.73. The van der Waals surface area contributed by atoms with Crippen LogP contribution in [0.25, 0.3) is 5.69 Å². The standard InChI is InChI=1S/C23H20F2N4O2/c1-13(2)12-28-19-9-15(25)5-8-17(19)23(22(28)31)10-20(30)27-21-18(23)11-26-29(21)16-6-3-14(24)4-7-16/h3-9,11,13H,10,12H2,1-2H3,(H,27,30). The largest absolute Gasteiger partial charge is 0.311 e. The summed E-state index contributed by atoms with van der Waals surface area (Å²) >= 11 is 0. The van der Waals surface area contributed by atoms with E-state index < -0.39 is 17.0 Å². The summed E-state index contributed by atoms with van der Waals surface area (Å²) in [6, 6.07) is 9.92. The molecule has 5 rings (SSSR count). The van der Waals surface area contributed by atoms with E-state index in [-0.39, 0.29) is 24.2 Å². The molecule has 2 aromatic carbocycles. The molecule has 3 aromatic rings. The molecule has 0 saturated carbocycles. The lowest BCUT2D eigenvalue weighted by molar-refractivity contribution is -0.126. The molecule has 158 valence electrons. The van der Waals surface area contributed by atoms with Crippen molar-refractivity contribution in [1.82, 2.24) is 9.78 Å². The molecule has 1 aromatic heterocycles. The van der Waals surface area contributed by atoms with Crippen molar-refractivity contribution < 1.29 is 18.4 Å². The summed E-state index contributed by atoms with van der Waals surface area (Å²) in [4.78, 5) is 28.2. The highest BCUT2D eigenvalue weighted by Gasteiger charge is 2.57. The first kappa shape index (κ1) is 19.4. The third kappa shape index (κ3) is 2.78. The fourth-order valence-electron chi connectivity index (χ4n) is 4.59. The first-order valence-electron chi connectivity index (χ1n) is 10.1. The van der Waals surface area contributed by atoms with E-state index in [1.807, 2.05) is 13.8 Å². The average molecular weight is 422 g/mol. The number of rotatable bonds is 3. The summed E-state index contributed by atoms with van der Waals surface area (Å²) in [6.45, 7) is 4.35. The highest BCUT2D eigenvalue weighted by Crippen LogP contribution is 2.52. The molecule has 1 atom stereocenters. The number of carbonyl (C=O) groups is 2. The van der Waals surface area contributed by atoms with Gasteiger partial charge >= 0.3 is 0 Å². The van der Waals surface area contributed by atoms with Crippen molar-refractivity contribution in [3.05, 3.63) is 71.4 Å². The van der Waals surface area contributed by atoms with Gasteiger partial charge in [-0.1, -0.05) is 19.9 Å². The highest BCUT2D eigenvalue weighted by atomic mass is 19.1. The molecule has 8 heteroatoms. The summed E-state index contributed by atoms with van der Waals surface area (Å²) in [6.07, 6.45) is 1.46. The van der Waals surface area contributed by atoms with Gasteiger partial charge in [-0.2, -0.15) is 5.10 Å². The van der Waals surface area contributed by atoms with Crippen LogP contribution >= 0.6 is 0 Å². The Labute approximate surface area is 177 Å². The van der Waals surface area contributed by atoms with E-state index in [9.17, 15) is 18.4 Å². The predicted molar refractivity (Wildman–Crippen MR) is 111 cm³/mol. The molecule has 1 spiro atoms. The molecule has 1 N–H and O–H groups in total. The van der Waals surface area contributed by atoms with Gasteiger partial charge < -0.3 is 10.2 Å².